The summed E-state index contributed by atoms with van der Waals surface area (Å²) >= 11 is 0. The van der Waals surface area contributed by atoms with Crippen molar-refractivity contribution in [3.8, 4) is 5.75 Å². The van der Waals surface area contributed by atoms with Crippen LogP contribution in [-0.2, 0) is 19.1 Å². The Balaban J connectivity index is 1.95. The van der Waals surface area contributed by atoms with Crippen molar-refractivity contribution in [3.05, 3.63) is 71.8 Å². The summed E-state index contributed by atoms with van der Waals surface area (Å²) in [6.07, 6.45) is 1.48. The zero-order valence-corrected chi connectivity index (χ0v) is 16.6. The number of benzene rings is 2. The number of hydrogen-bond acceptors (Lipinski definition) is 5. The molecule has 2 aromatic carbocycles. The number of para-hydroxylation sites is 1. The molecule has 2 bridgehead atoms. The van der Waals surface area contributed by atoms with Crippen LogP contribution in [0.3, 0.4) is 0 Å². The molecule has 3 aliphatic carbocycles. The third kappa shape index (κ3) is 3.36. The van der Waals surface area contributed by atoms with Crippen LogP contribution < -0.4 is 4.74 Å². The molecule has 3 saturated carbocycles. The number of ether oxygens (including phenoxy) is 3. The Hall–Kier alpha value is -2.92. The van der Waals surface area contributed by atoms with E-state index in [0.29, 0.717) is 29.9 Å². The first kappa shape index (κ1) is 19.4. The Morgan fingerprint density at radius 3 is 2.24 bits per heavy atom. The van der Waals surface area contributed by atoms with Crippen LogP contribution in [0.1, 0.15) is 24.8 Å². The topological polar surface area (TPSA) is 61.8 Å². The minimum atomic E-state index is -0.895. The van der Waals surface area contributed by atoms with Crippen LogP contribution >= 0.6 is 0 Å². The van der Waals surface area contributed by atoms with Crippen molar-refractivity contribution < 1.29 is 23.8 Å². The van der Waals surface area contributed by atoms with Gasteiger partial charge in [0, 0.05) is 30.6 Å². The molecule has 3 fully saturated rings. The normalized spacial score (nSPS) is 27.4. The second-order valence-corrected chi connectivity index (χ2v) is 7.53. The second-order valence-electron chi connectivity index (χ2n) is 7.53. The van der Waals surface area contributed by atoms with E-state index in [4.69, 9.17) is 14.2 Å². The highest BCUT2D eigenvalue weighted by Gasteiger charge is 2.59. The molecule has 150 valence electrons. The molecule has 5 heteroatoms. The molecule has 0 radical (unpaired) electrons. The van der Waals surface area contributed by atoms with Gasteiger partial charge in [-0.1, -0.05) is 48.5 Å². The standard InChI is InChI=1S/C24H24O5/c1-27-23(26)21-20(18-13-14-24(21,28-2)15-19(18)25)22(16-9-5-3-6-10-16)29-17-11-7-4-8-12-17/h3-12,18,21H,13-15H2,1-2H3/b22-20-. The first-order chi connectivity index (χ1) is 14.1. The number of carbonyl (C=O) groups excluding carboxylic acids is 2. The maximum Gasteiger partial charge on any atom is 0.315 e. The maximum absolute atomic E-state index is 13.0. The van der Waals surface area contributed by atoms with Crippen LogP contribution in [0.4, 0.5) is 0 Å². The Kier molecular flexibility index (Phi) is 5.24. The van der Waals surface area contributed by atoms with E-state index in [-0.39, 0.29) is 18.1 Å². The summed E-state index contributed by atoms with van der Waals surface area (Å²) in [4.78, 5) is 25.9. The number of Topliss-reactive ketones (excluding diaryl/α,β-unsaturated/α-hetero) is 1. The van der Waals surface area contributed by atoms with Crippen molar-refractivity contribution in [1.29, 1.82) is 0 Å². The Labute approximate surface area is 170 Å². The highest BCUT2D eigenvalue weighted by atomic mass is 16.5. The zero-order valence-electron chi connectivity index (χ0n) is 16.6. The van der Waals surface area contributed by atoms with Crippen molar-refractivity contribution in [2.45, 2.75) is 24.9 Å². The number of hydrogen-bond donors (Lipinski definition) is 0. The number of methoxy groups -OCH3 is 2. The molecule has 3 unspecified atom stereocenters. The molecule has 29 heavy (non-hydrogen) atoms. The predicted molar refractivity (Wildman–Crippen MR) is 108 cm³/mol. The lowest BCUT2D eigenvalue weighted by atomic mass is 9.57. The van der Waals surface area contributed by atoms with E-state index in [9.17, 15) is 9.59 Å². The van der Waals surface area contributed by atoms with Crippen molar-refractivity contribution in [2.24, 2.45) is 11.8 Å². The highest BCUT2D eigenvalue weighted by Crippen LogP contribution is 2.53. The lowest BCUT2D eigenvalue weighted by Crippen LogP contribution is -2.58. The monoisotopic (exact) mass is 392 g/mol. The van der Waals surface area contributed by atoms with E-state index in [2.05, 4.69) is 0 Å². The van der Waals surface area contributed by atoms with Crippen molar-refractivity contribution in [3.63, 3.8) is 0 Å². The summed E-state index contributed by atoms with van der Waals surface area (Å²) in [7, 11) is 2.93. The minimum absolute atomic E-state index is 0.0818. The molecule has 0 N–H and O–H groups in total. The van der Waals surface area contributed by atoms with E-state index in [0.717, 1.165) is 5.56 Å². The minimum Gasteiger partial charge on any atom is -0.468 e. The molecule has 0 saturated heterocycles. The largest absolute Gasteiger partial charge is 0.468 e. The highest BCUT2D eigenvalue weighted by molar-refractivity contribution is 5.95. The lowest BCUT2D eigenvalue weighted by molar-refractivity contribution is -0.169. The van der Waals surface area contributed by atoms with E-state index >= 15 is 0 Å². The van der Waals surface area contributed by atoms with Crippen LogP contribution in [0.25, 0.3) is 5.76 Å². The fraction of sp³-hybridized carbons (Fsp3) is 0.333. The molecule has 0 spiro atoms. The van der Waals surface area contributed by atoms with Crippen LogP contribution in [-0.4, -0.2) is 31.6 Å². The zero-order chi connectivity index (χ0) is 20.4. The molecule has 0 heterocycles. The van der Waals surface area contributed by atoms with Gasteiger partial charge in [0.05, 0.1) is 12.7 Å². The number of ketones is 1. The summed E-state index contributed by atoms with van der Waals surface area (Å²) in [6, 6.07) is 19.0. The van der Waals surface area contributed by atoms with Gasteiger partial charge < -0.3 is 14.2 Å². The summed E-state index contributed by atoms with van der Waals surface area (Å²) in [5.41, 5.74) is 0.581. The summed E-state index contributed by atoms with van der Waals surface area (Å²) in [6.45, 7) is 0. The average molecular weight is 392 g/mol. The van der Waals surface area contributed by atoms with E-state index in [1.165, 1.54) is 7.11 Å². The Bertz CT molecular complexity index is 934. The molecule has 3 atom stereocenters. The fourth-order valence-corrected chi connectivity index (χ4v) is 4.64. The molecular weight excluding hydrogens is 368 g/mol. The number of carbonyl (C=O) groups is 2. The summed E-state index contributed by atoms with van der Waals surface area (Å²) in [5, 5.41) is 0. The van der Waals surface area contributed by atoms with Crippen LogP contribution in [0, 0.1) is 11.8 Å². The molecular formula is C24H24O5. The average Bonchev–Trinajstić information content (AvgIpc) is 2.78. The first-order valence-corrected chi connectivity index (χ1v) is 9.77. The van der Waals surface area contributed by atoms with Crippen LogP contribution in [0.15, 0.2) is 66.2 Å². The van der Waals surface area contributed by atoms with Gasteiger partial charge in [-0.05, 0) is 25.0 Å². The van der Waals surface area contributed by atoms with E-state index in [1.807, 2.05) is 60.7 Å². The fourth-order valence-electron chi connectivity index (χ4n) is 4.64. The van der Waals surface area contributed by atoms with Crippen molar-refractivity contribution in [2.75, 3.05) is 14.2 Å². The number of rotatable bonds is 5. The molecule has 5 rings (SSSR count). The van der Waals surface area contributed by atoms with Gasteiger partial charge in [0.2, 0.25) is 0 Å². The van der Waals surface area contributed by atoms with Gasteiger partial charge in [0.15, 0.2) is 0 Å². The third-order valence-corrected chi connectivity index (χ3v) is 6.04. The maximum atomic E-state index is 13.0. The number of esters is 1. The van der Waals surface area contributed by atoms with Gasteiger partial charge in [-0.15, -0.1) is 0 Å². The SMILES string of the molecule is COC(=O)C1/C(=C(\Oc2ccccc2)c2ccccc2)C2CCC1(OC)CC2=O. The van der Waals surface area contributed by atoms with Crippen molar-refractivity contribution in [1.82, 2.24) is 0 Å². The molecule has 0 aromatic heterocycles. The molecule has 2 aromatic rings. The summed E-state index contributed by atoms with van der Waals surface area (Å²) in [5.74, 6) is -0.209. The van der Waals surface area contributed by atoms with Gasteiger partial charge >= 0.3 is 5.97 Å². The number of fused-ring (bicyclic) bond motifs is 3. The van der Waals surface area contributed by atoms with E-state index < -0.39 is 17.5 Å². The smallest absolute Gasteiger partial charge is 0.315 e. The molecule has 3 aliphatic rings. The van der Waals surface area contributed by atoms with Crippen LogP contribution in [0.2, 0.25) is 0 Å². The quantitative estimate of drug-likeness (QED) is 0.568. The Morgan fingerprint density at radius 2 is 1.66 bits per heavy atom. The van der Waals surface area contributed by atoms with Gasteiger partial charge in [0.1, 0.15) is 23.2 Å². The molecule has 0 amide bonds. The van der Waals surface area contributed by atoms with Crippen molar-refractivity contribution >= 4 is 17.5 Å². The Morgan fingerprint density at radius 1 is 1.00 bits per heavy atom. The van der Waals surface area contributed by atoms with Gasteiger partial charge in [0.25, 0.3) is 0 Å². The second kappa shape index (κ2) is 7.84. The van der Waals surface area contributed by atoms with Gasteiger partial charge in [-0.3, -0.25) is 9.59 Å². The predicted octanol–water partition coefficient (Wildman–Crippen LogP) is 4.03. The van der Waals surface area contributed by atoms with Gasteiger partial charge in [-0.25, -0.2) is 0 Å². The van der Waals surface area contributed by atoms with Crippen LogP contribution in [0.5, 0.6) is 5.75 Å². The lowest BCUT2D eigenvalue weighted by Gasteiger charge is -2.50. The third-order valence-electron chi connectivity index (χ3n) is 6.04. The molecule has 0 aliphatic heterocycles. The summed E-state index contributed by atoms with van der Waals surface area (Å²) < 4.78 is 17.3. The molecule has 5 nitrogen and oxygen atoms in total. The first-order valence-electron chi connectivity index (χ1n) is 9.77. The van der Waals surface area contributed by atoms with Gasteiger partial charge in [-0.2, -0.15) is 0 Å². The van der Waals surface area contributed by atoms with E-state index in [1.54, 1.807) is 7.11 Å².